The first-order valence-electron chi connectivity index (χ1n) is 5.18. The van der Waals surface area contributed by atoms with Crippen molar-refractivity contribution in [2.24, 2.45) is 0 Å². The maximum Gasteiger partial charge on any atom is 0.159 e. The molecule has 5 heteroatoms. The van der Waals surface area contributed by atoms with Crippen LogP contribution in [-0.2, 0) is 6.42 Å². The molecule has 1 aromatic heterocycles. The standard InChI is InChI=1S/C12H11F2N3/c1-2-8-11(16-6-17-12(8)15)7-3-4-9(13)10(14)5-7/h3-6H,2H2,1H3,(H2,15,16,17). The van der Waals surface area contributed by atoms with E-state index < -0.39 is 11.6 Å². The van der Waals surface area contributed by atoms with Crippen molar-refractivity contribution < 1.29 is 8.78 Å². The molecule has 2 N–H and O–H groups in total. The Balaban J connectivity index is 2.60. The minimum absolute atomic E-state index is 0.363. The van der Waals surface area contributed by atoms with Crippen LogP contribution in [-0.4, -0.2) is 9.97 Å². The van der Waals surface area contributed by atoms with E-state index in [1.54, 1.807) is 0 Å². The lowest BCUT2D eigenvalue weighted by Gasteiger charge is -2.08. The first-order valence-corrected chi connectivity index (χ1v) is 5.18. The van der Waals surface area contributed by atoms with E-state index in [-0.39, 0.29) is 0 Å². The molecule has 17 heavy (non-hydrogen) atoms. The minimum atomic E-state index is -0.901. The van der Waals surface area contributed by atoms with Crippen molar-refractivity contribution in [1.82, 2.24) is 9.97 Å². The first-order chi connectivity index (χ1) is 8.13. The molecule has 0 fully saturated rings. The van der Waals surface area contributed by atoms with Gasteiger partial charge in [-0.25, -0.2) is 18.7 Å². The highest BCUT2D eigenvalue weighted by Gasteiger charge is 2.11. The fourth-order valence-corrected chi connectivity index (χ4v) is 1.67. The van der Waals surface area contributed by atoms with Crippen LogP contribution >= 0.6 is 0 Å². The first kappa shape index (κ1) is 11.4. The molecule has 0 atom stereocenters. The van der Waals surface area contributed by atoms with Gasteiger partial charge < -0.3 is 5.73 Å². The number of aromatic nitrogens is 2. The molecule has 1 heterocycles. The van der Waals surface area contributed by atoms with Gasteiger partial charge in [0.1, 0.15) is 12.1 Å². The quantitative estimate of drug-likeness (QED) is 0.870. The SMILES string of the molecule is CCc1c(N)ncnc1-c1ccc(F)c(F)c1. The van der Waals surface area contributed by atoms with Crippen molar-refractivity contribution in [2.75, 3.05) is 5.73 Å². The Morgan fingerprint density at radius 2 is 1.94 bits per heavy atom. The van der Waals surface area contributed by atoms with Gasteiger partial charge >= 0.3 is 0 Å². The predicted molar refractivity (Wildman–Crippen MR) is 61.2 cm³/mol. The van der Waals surface area contributed by atoms with Crippen LogP contribution in [0.3, 0.4) is 0 Å². The topological polar surface area (TPSA) is 51.8 Å². The van der Waals surface area contributed by atoms with E-state index in [2.05, 4.69) is 9.97 Å². The number of nitrogens with zero attached hydrogens (tertiary/aromatic N) is 2. The lowest BCUT2D eigenvalue weighted by molar-refractivity contribution is 0.509. The third-order valence-electron chi connectivity index (χ3n) is 2.53. The van der Waals surface area contributed by atoms with Gasteiger partial charge in [0.05, 0.1) is 5.69 Å². The fraction of sp³-hybridized carbons (Fsp3) is 0.167. The highest BCUT2D eigenvalue weighted by atomic mass is 19.2. The summed E-state index contributed by atoms with van der Waals surface area (Å²) in [5, 5.41) is 0. The van der Waals surface area contributed by atoms with Crippen LogP contribution in [0.4, 0.5) is 14.6 Å². The van der Waals surface area contributed by atoms with Crippen molar-refractivity contribution in [3.63, 3.8) is 0 Å². The molecule has 2 aromatic rings. The van der Waals surface area contributed by atoms with Crippen molar-refractivity contribution in [1.29, 1.82) is 0 Å². The summed E-state index contributed by atoms with van der Waals surface area (Å²) in [5.41, 5.74) is 7.49. The Morgan fingerprint density at radius 3 is 2.59 bits per heavy atom. The van der Waals surface area contributed by atoms with Crippen LogP contribution in [0.25, 0.3) is 11.3 Å². The molecule has 0 spiro atoms. The molecule has 0 saturated carbocycles. The van der Waals surface area contributed by atoms with Crippen LogP contribution in [0.5, 0.6) is 0 Å². The van der Waals surface area contributed by atoms with E-state index in [0.717, 1.165) is 17.7 Å². The second kappa shape index (κ2) is 4.45. The number of anilines is 1. The van der Waals surface area contributed by atoms with E-state index in [0.29, 0.717) is 23.5 Å². The zero-order valence-corrected chi connectivity index (χ0v) is 9.24. The summed E-state index contributed by atoms with van der Waals surface area (Å²) in [7, 11) is 0. The number of nitrogen functional groups attached to an aromatic ring is 1. The van der Waals surface area contributed by atoms with E-state index in [1.165, 1.54) is 12.4 Å². The van der Waals surface area contributed by atoms with Gasteiger partial charge in [-0.15, -0.1) is 0 Å². The molecular formula is C12H11F2N3. The Bertz CT molecular complexity index is 555. The van der Waals surface area contributed by atoms with Gasteiger partial charge in [-0.05, 0) is 24.6 Å². The second-order valence-corrected chi connectivity index (χ2v) is 3.57. The summed E-state index contributed by atoms with van der Waals surface area (Å²) in [5.74, 6) is -1.42. The smallest absolute Gasteiger partial charge is 0.159 e. The van der Waals surface area contributed by atoms with Gasteiger partial charge in [0.2, 0.25) is 0 Å². The molecule has 0 bridgehead atoms. The Hall–Kier alpha value is -2.04. The van der Waals surface area contributed by atoms with Gasteiger partial charge in [-0.3, -0.25) is 0 Å². The molecule has 0 aliphatic heterocycles. The monoisotopic (exact) mass is 235 g/mol. The lowest BCUT2D eigenvalue weighted by Crippen LogP contribution is -2.01. The highest BCUT2D eigenvalue weighted by Crippen LogP contribution is 2.25. The van der Waals surface area contributed by atoms with Gasteiger partial charge in [0.15, 0.2) is 11.6 Å². The summed E-state index contributed by atoms with van der Waals surface area (Å²) in [6, 6.07) is 3.65. The van der Waals surface area contributed by atoms with Crippen molar-refractivity contribution in [3.05, 3.63) is 41.7 Å². The Morgan fingerprint density at radius 1 is 1.18 bits per heavy atom. The maximum absolute atomic E-state index is 13.2. The zero-order chi connectivity index (χ0) is 12.4. The molecule has 0 aliphatic rings. The molecule has 0 aliphatic carbocycles. The Labute approximate surface area is 97.3 Å². The molecule has 0 amide bonds. The maximum atomic E-state index is 13.2. The number of benzene rings is 1. The van der Waals surface area contributed by atoms with E-state index in [1.807, 2.05) is 6.92 Å². The van der Waals surface area contributed by atoms with E-state index in [4.69, 9.17) is 5.73 Å². The molecule has 0 unspecified atom stereocenters. The van der Waals surface area contributed by atoms with Crippen LogP contribution < -0.4 is 5.73 Å². The number of halogens is 2. The highest BCUT2D eigenvalue weighted by molar-refractivity contribution is 5.67. The van der Waals surface area contributed by atoms with Crippen LogP contribution in [0.1, 0.15) is 12.5 Å². The number of rotatable bonds is 2. The summed E-state index contributed by atoms with van der Waals surface area (Å²) in [4.78, 5) is 7.95. The van der Waals surface area contributed by atoms with Crippen molar-refractivity contribution in [2.45, 2.75) is 13.3 Å². The third-order valence-corrected chi connectivity index (χ3v) is 2.53. The van der Waals surface area contributed by atoms with E-state index >= 15 is 0 Å². The summed E-state index contributed by atoms with van der Waals surface area (Å²) < 4.78 is 26.0. The molecule has 0 radical (unpaired) electrons. The molecule has 1 aromatic carbocycles. The van der Waals surface area contributed by atoms with Gasteiger partial charge in [-0.2, -0.15) is 0 Å². The van der Waals surface area contributed by atoms with Gasteiger partial charge in [0.25, 0.3) is 0 Å². The average molecular weight is 235 g/mol. The minimum Gasteiger partial charge on any atom is -0.383 e. The largest absolute Gasteiger partial charge is 0.383 e. The summed E-state index contributed by atoms with van der Waals surface area (Å²) in [6.45, 7) is 1.90. The van der Waals surface area contributed by atoms with Gasteiger partial charge in [0, 0.05) is 11.1 Å². The predicted octanol–water partition coefficient (Wildman–Crippen LogP) is 2.57. The van der Waals surface area contributed by atoms with Crippen LogP contribution in [0.15, 0.2) is 24.5 Å². The lowest BCUT2D eigenvalue weighted by atomic mass is 10.0. The van der Waals surface area contributed by atoms with Gasteiger partial charge in [-0.1, -0.05) is 6.92 Å². The molecule has 88 valence electrons. The second-order valence-electron chi connectivity index (χ2n) is 3.57. The molecule has 2 rings (SSSR count). The molecule has 0 saturated heterocycles. The average Bonchev–Trinajstić information content (AvgIpc) is 2.32. The van der Waals surface area contributed by atoms with E-state index in [9.17, 15) is 8.78 Å². The fourth-order valence-electron chi connectivity index (χ4n) is 1.67. The Kier molecular flexibility index (Phi) is 2.99. The number of nitrogens with two attached hydrogens (primary N) is 1. The molecule has 3 nitrogen and oxygen atoms in total. The number of hydrogen-bond acceptors (Lipinski definition) is 3. The number of hydrogen-bond donors (Lipinski definition) is 1. The summed E-state index contributed by atoms with van der Waals surface area (Å²) >= 11 is 0. The van der Waals surface area contributed by atoms with Crippen molar-refractivity contribution >= 4 is 5.82 Å². The molecular weight excluding hydrogens is 224 g/mol. The summed E-state index contributed by atoms with van der Waals surface area (Å²) in [6.07, 6.45) is 1.94. The van der Waals surface area contributed by atoms with Crippen molar-refractivity contribution in [3.8, 4) is 11.3 Å². The van der Waals surface area contributed by atoms with Crippen LogP contribution in [0, 0.1) is 11.6 Å². The zero-order valence-electron chi connectivity index (χ0n) is 9.24. The third kappa shape index (κ3) is 2.08. The van der Waals surface area contributed by atoms with Crippen LogP contribution in [0.2, 0.25) is 0 Å². The normalized spacial score (nSPS) is 10.5.